The Kier molecular flexibility index (Phi) is 3.93. The predicted molar refractivity (Wildman–Crippen MR) is 58.0 cm³/mol. The standard InChI is InChI=1S/C11H18N2O3/c1-8-11(9(2)16-13-8)6-12-5-10-3-4-14-7-15-10/h10,12H,3-7H2,1-2H3. The molecule has 1 atom stereocenters. The van der Waals surface area contributed by atoms with Gasteiger partial charge in [-0.05, 0) is 20.3 Å². The van der Waals surface area contributed by atoms with Crippen molar-refractivity contribution >= 4 is 0 Å². The van der Waals surface area contributed by atoms with Crippen molar-refractivity contribution in [2.75, 3.05) is 19.9 Å². The van der Waals surface area contributed by atoms with Gasteiger partial charge in [-0.1, -0.05) is 5.16 Å². The van der Waals surface area contributed by atoms with Crippen LogP contribution in [-0.2, 0) is 16.0 Å². The lowest BCUT2D eigenvalue weighted by Gasteiger charge is -2.22. The van der Waals surface area contributed by atoms with Crippen molar-refractivity contribution in [2.45, 2.75) is 32.9 Å². The quantitative estimate of drug-likeness (QED) is 0.834. The van der Waals surface area contributed by atoms with Crippen LogP contribution < -0.4 is 5.32 Å². The minimum atomic E-state index is 0.259. The molecule has 1 N–H and O–H groups in total. The topological polar surface area (TPSA) is 56.5 Å². The lowest BCUT2D eigenvalue weighted by Crippen LogP contribution is -2.33. The summed E-state index contributed by atoms with van der Waals surface area (Å²) in [5, 5.41) is 7.27. The fourth-order valence-corrected chi connectivity index (χ4v) is 1.77. The third-order valence-corrected chi connectivity index (χ3v) is 2.83. The Balaban J connectivity index is 1.75. The highest BCUT2D eigenvalue weighted by Gasteiger charge is 2.14. The molecule has 1 unspecified atom stereocenters. The molecule has 5 heteroatoms. The minimum Gasteiger partial charge on any atom is -0.361 e. The summed E-state index contributed by atoms with van der Waals surface area (Å²) in [5.41, 5.74) is 2.10. The molecular weight excluding hydrogens is 208 g/mol. The zero-order valence-electron chi connectivity index (χ0n) is 9.78. The lowest BCUT2D eigenvalue weighted by atomic mass is 10.2. The first-order valence-electron chi connectivity index (χ1n) is 5.59. The van der Waals surface area contributed by atoms with Gasteiger partial charge >= 0.3 is 0 Å². The normalized spacial score (nSPS) is 21.2. The molecule has 1 saturated heterocycles. The molecule has 2 rings (SSSR count). The average Bonchev–Trinajstić information content (AvgIpc) is 2.62. The average molecular weight is 226 g/mol. The maximum absolute atomic E-state index is 5.43. The van der Waals surface area contributed by atoms with Gasteiger partial charge in [0.25, 0.3) is 0 Å². The summed E-state index contributed by atoms with van der Waals surface area (Å²) in [5.74, 6) is 0.887. The molecule has 1 aliphatic heterocycles. The van der Waals surface area contributed by atoms with E-state index in [0.717, 1.165) is 43.1 Å². The molecule has 16 heavy (non-hydrogen) atoms. The van der Waals surface area contributed by atoms with Crippen LogP contribution in [0.4, 0.5) is 0 Å². The van der Waals surface area contributed by atoms with Crippen LogP contribution in [-0.4, -0.2) is 31.2 Å². The van der Waals surface area contributed by atoms with Crippen LogP contribution in [0.15, 0.2) is 4.52 Å². The Bertz CT molecular complexity index is 312. The molecule has 1 aromatic rings. The van der Waals surface area contributed by atoms with Gasteiger partial charge in [-0.25, -0.2) is 0 Å². The molecule has 5 nitrogen and oxygen atoms in total. The van der Waals surface area contributed by atoms with Gasteiger partial charge in [-0.2, -0.15) is 0 Å². The van der Waals surface area contributed by atoms with Crippen molar-refractivity contribution in [1.82, 2.24) is 10.5 Å². The van der Waals surface area contributed by atoms with Gasteiger partial charge in [0.15, 0.2) is 0 Å². The number of ether oxygens (including phenoxy) is 2. The molecular formula is C11H18N2O3. The molecule has 1 fully saturated rings. The monoisotopic (exact) mass is 226 g/mol. The van der Waals surface area contributed by atoms with Crippen molar-refractivity contribution in [3.63, 3.8) is 0 Å². The van der Waals surface area contributed by atoms with Crippen molar-refractivity contribution in [3.05, 3.63) is 17.0 Å². The predicted octanol–water partition coefficient (Wildman–Crippen LogP) is 1.14. The highest BCUT2D eigenvalue weighted by atomic mass is 16.7. The third-order valence-electron chi connectivity index (χ3n) is 2.83. The maximum atomic E-state index is 5.43. The molecule has 1 aromatic heterocycles. The number of hydrogen-bond donors (Lipinski definition) is 1. The van der Waals surface area contributed by atoms with E-state index in [0.29, 0.717) is 6.79 Å². The van der Waals surface area contributed by atoms with Crippen molar-refractivity contribution in [3.8, 4) is 0 Å². The Hall–Kier alpha value is -0.910. The SMILES string of the molecule is Cc1noc(C)c1CNCC1CCOCO1. The number of nitrogens with zero attached hydrogens (tertiary/aromatic N) is 1. The Morgan fingerprint density at radius 1 is 1.44 bits per heavy atom. The largest absolute Gasteiger partial charge is 0.361 e. The second-order valence-corrected chi connectivity index (χ2v) is 4.04. The third kappa shape index (κ3) is 2.81. The highest BCUT2D eigenvalue weighted by molar-refractivity contribution is 5.20. The van der Waals surface area contributed by atoms with Gasteiger partial charge in [0.05, 0.1) is 18.4 Å². The van der Waals surface area contributed by atoms with E-state index in [2.05, 4.69) is 10.5 Å². The number of hydrogen-bond acceptors (Lipinski definition) is 5. The maximum Gasteiger partial charge on any atom is 0.147 e. The fourth-order valence-electron chi connectivity index (χ4n) is 1.77. The van der Waals surface area contributed by atoms with Gasteiger partial charge in [-0.3, -0.25) is 0 Å². The van der Waals surface area contributed by atoms with Crippen molar-refractivity contribution < 1.29 is 14.0 Å². The van der Waals surface area contributed by atoms with E-state index in [4.69, 9.17) is 14.0 Å². The first kappa shape index (κ1) is 11.6. The summed E-state index contributed by atoms with van der Waals surface area (Å²) in [6.45, 7) is 6.71. The van der Waals surface area contributed by atoms with Gasteiger partial charge in [0.1, 0.15) is 12.6 Å². The number of nitrogens with one attached hydrogen (secondary N) is 1. The van der Waals surface area contributed by atoms with E-state index >= 15 is 0 Å². The molecule has 90 valence electrons. The molecule has 0 aliphatic carbocycles. The first-order chi connectivity index (χ1) is 7.77. The summed E-state index contributed by atoms with van der Waals surface area (Å²) in [7, 11) is 0. The summed E-state index contributed by atoms with van der Waals surface area (Å²) in [6, 6.07) is 0. The fraction of sp³-hybridized carbons (Fsp3) is 0.727. The van der Waals surface area contributed by atoms with Crippen LogP contribution in [0, 0.1) is 13.8 Å². The Labute approximate surface area is 95.1 Å². The van der Waals surface area contributed by atoms with E-state index < -0.39 is 0 Å². The van der Waals surface area contributed by atoms with Crippen LogP contribution >= 0.6 is 0 Å². The van der Waals surface area contributed by atoms with Gasteiger partial charge < -0.3 is 19.3 Å². The molecule has 0 spiro atoms. The van der Waals surface area contributed by atoms with Crippen LogP contribution in [0.3, 0.4) is 0 Å². The smallest absolute Gasteiger partial charge is 0.147 e. The Morgan fingerprint density at radius 3 is 2.94 bits per heavy atom. The zero-order chi connectivity index (χ0) is 11.4. The van der Waals surface area contributed by atoms with Crippen molar-refractivity contribution in [1.29, 1.82) is 0 Å². The summed E-state index contributed by atoms with van der Waals surface area (Å²) < 4.78 is 15.6. The van der Waals surface area contributed by atoms with Gasteiger partial charge in [0.2, 0.25) is 0 Å². The molecule has 0 aromatic carbocycles. The molecule has 0 saturated carbocycles. The second kappa shape index (κ2) is 5.43. The molecule has 2 heterocycles. The first-order valence-corrected chi connectivity index (χ1v) is 5.59. The molecule has 0 radical (unpaired) electrons. The lowest BCUT2D eigenvalue weighted by molar-refractivity contribution is -0.137. The Morgan fingerprint density at radius 2 is 2.31 bits per heavy atom. The number of rotatable bonds is 4. The van der Waals surface area contributed by atoms with E-state index in [9.17, 15) is 0 Å². The number of aryl methyl sites for hydroxylation is 2. The van der Waals surface area contributed by atoms with Crippen molar-refractivity contribution in [2.24, 2.45) is 0 Å². The summed E-state index contributed by atoms with van der Waals surface area (Å²) in [4.78, 5) is 0. The van der Waals surface area contributed by atoms with Gasteiger partial charge in [0, 0.05) is 18.7 Å². The highest BCUT2D eigenvalue weighted by Crippen LogP contribution is 2.12. The second-order valence-electron chi connectivity index (χ2n) is 4.04. The van der Waals surface area contributed by atoms with Crippen LogP contribution in [0.25, 0.3) is 0 Å². The van der Waals surface area contributed by atoms with E-state index in [1.807, 2.05) is 13.8 Å². The summed E-state index contributed by atoms with van der Waals surface area (Å²) in [6.07, 6.45) is 1.21. The number of aromatic nitrogens is 1. The minimum absolute atomic E-state index is 0.259. The molecule has 0 bridgehead atoms. The van der Waals surface area contributed by atoms with E-state index in [1.54, 1.807) is 0 Å². The van der Waals surface area contributed by atoms with Gasteiger partial charge in [-0.15, -0.1) is 0 Å². The zero-order valence-corrected chi connectivity index (χ0v) is 9.78. The molecule has 1 aliphatic rings. The van der Waals surface area contributed by atoms with Crippen LogP contribution in [0.1, 0.15) is 23.4 Å². The van der Waals surface area contributed by atoms with E-state index in [1.165, 1.54) is 0 Å². The molecule has 0 amide bonds. The van der Waals surface area contributed by atoms with Crippen LogP contribution in [0.5, 0.6) is 0 Å². The summed E-state index contributed by atoms with van der Waals surface area (Å²) >= 11 is 0. The van der Waals surface area contributed by atoms with Crippen LogP contribution in [0.2, 0.25) is 0 Å². The van der Waals surface area contributed by atoms with E-state index in [-0.39, 0.29) is 6.10 Å².